The normalized spacial score (nSPS) is 33.5. The van der Waals surface area contributed by atoms with Gasteiger partial charge in [-0.05, 0) is 86.3 Å². The van der Waals surface area contributed by atoms with E-state index >= 15 is 0 Å². The van der Waals surface area contributed by atoms with Gasteiger partial charge in [-0.3, -0.25) is 4.79 Å². The van der Waals surface area contributed by atoms with Crippen LogP contribution in [-0.4, -0.2) is 5.97 Å². The van der Waals surface area contributed by atoms with Gasteiger partial charge in [-0.2, -0.15) is 0 Å². The Labute approximate surface area is 192 Å². The molecule has 0 N–H and O–H groups in total. The van der Waals surface area contributed by atoms with Gasteiger partial charge in [0.25, 0.3) is 0 Å². The molecule has 0 spiro atoms. The summed E-state index contributed by atoms with van der Waals surface area (Å²) in [4.78, 5) is 12.9. The molecule has 172 valence electrons. The third-order valence-electron chi connectivity index (χ3n) is 8.62. The van der Waals surface area contributed by atoms with E-state index in [0.717, 1.165) is 37.0 Å². The van der Waals surface area contributed by atoms with E-state index in [4.69, 9.17) is 16.3 Å². The average Bonchev–Trinajstić information content (AvgIpc) is 2.79. The molecule has 0 aliphatic heterocycles. The largest absolute Gasteiger partial charge is 0.423 e. The number of carbonyl (C=O) groups excluding carboxylic acids is 1. The van der Waals surface area contributed by atoms with Crippen molar-refractivity contribution in [1.29, 1.82) is 0 Å². The van der Waals surface area contributed by atoms with Crippen molar-refractivity contribution < 1.29 is 13.9 Å². The number of halogens is 2. The molecule has 4 heteroatoms. The van der Waals surface area contributed by atoms with Crippen molar-refractivity contribution in [2.45, 2.75) is 90.4 Å². The van der Waals surface area contributed by atoms with Crippen LogP contribution in [0.15, 0.2) is 18.2 Å². The van der Waals surface area contributed by atoms with Crippen LogP contribution in [0.1, 0.15) is 90.4 Å². The first kappa shape index (κ1) is 23.1. The molecule has 0 radical (unpaired) electrons. The third kappa shape index (κ3) is 5.64. The van der Waals surface area contributed by atoms with Crippen molar-refractivity contribution in [1.82, 2.24) is 0 Å². The lowest BCUT2D eigenvalue weighted by atomic mass is 9.59. The zero-order valence-corrected chi connectivity index (χ0v) is 19.7. The van der Waals surface area contributed by atoms with Gasteiger partial charge >= 0.3 is 5.97 Å². The van der Waals surface area contributed by atoms with Crippen molar-refractivity contribution in [2.24, 2.45) is 35.5 Å². The molecule has 0 amide bonds. The number of rotatable bonds is 6. The zero-order chi connectivity index (χ0) is 21.8. The summed E-state index contributed by atoms with van der Waals surface area (Å²) < 4.78 is 19.6. The maximum Gasteiger partial charge on any atom is 0.314 e. The highest BCUT2D eigenvalue weighted by Gasteiger charge is 2.43. The highest BCUT2D eigenvalue weighted by molar-refractivity contribution is 6.30. The van der Waals surface area contributed by atoms with Crippen LogP contribution in [0.4, 0.5) is 4.39 Å². The van der Waals surface area contributed by atoms with Crippen molar-refractivity contribution in [3.05, 3.63) is 29.0 Å². The van der Waals surface area contributed by atoms with Crippen LogP contribution in [0.3, 0.4) is 0 Å². The topological polar surface area (TPSA) is 26.3 Å². The fraction of sp³-hybridized carbons (Fsp3) is 0.741. The number of unbranched alkanes of at least 4 members (excludes halogenated alkanes) is 1. The molecular formula is C27H38ClFO2. The van der Waals surface area contributed by atoms with Gasteiger partial charge in [0.1, 0.15) is 0 Å². The quantitative estimate of drug-likeness (QED) is 0.323. The molecule has 4 atom stereocenters. The van der Waals surface area contributed by atoms with Gasteiger partial charge in [-0.15, -0.1) is 0 Å². The molecule has 3 fully saturated rings. The number of esters is 1. The maximum absolute atomic E-state index is 14.1. The molecule has 0 saturated heterocycles. The van der Waals surface area contributed by atoms with E-state index in [0.29, 0.717) is 16.9 Å². The lowest BCUT2D eigenvalue weighted by Gasteiger charge is -2.46. The summed E-state index contributed by atoms with van der Waals surface area (Å²) in [6.45, 7) is 2.29. The van der Waals surface area contributed by atoms with Gasteiger partial charge < -0.3 is 4.74 Å². The molecule has 3 saturated carbocycles. The summed E-state index contributed by atoms with van der Waals surface area (Å²) in [6, 6.07) is 4.23. The highest BCUT2D eigenvalue weighted by atomic mass is 35.5. The summed E-state index contributed by atoms with van der Waals surface area (Å²) in [6.07, 6.45) is 16.7. The van der Waals surface area contributed by atoms with E-state index in [-0.39, 0.29) is 17.6 Å². The van der Waals surface area contributed by atoms with Crippen molar-refractivity contribution >= 4 is 17.6 Å². The van der Waals surface area contributed by atoms with Crippen LogP contribution >= 0.6 is 11.6 Å². The zero-order valence-electron chi connectivity index (χ0n) is 19.0. The van der Waals surface area contributed by atoms with E-state index in [1.54, 1.807) is 6.07 Å². The molecule has 1 aromatic rings. The molecule has 3 aliphatic rings. The molecule has 0 heterocycles. The number of hydrogen-bond acceptors (Lipinski definition) is 2. The molecule has 3 aliphatic carbocycles. The van der Waals surface area contributed by atoms with Gasteiger partial charge in [0.15, 0.2) is 11.6 Å². The highest BCUT2D eigenvalue weighted by Crippen LogP contribution is 2.50. The summed E-state index contributed by atoms with van der Waals surface area (Å²) in [5.74, 6) is 2.87. The second-order valence-corrected chi connectivity index (χ2v) is 10.9. The van der Waals surface area contributed by atoms with E-state index in [1.807, 2.05) is 0 Å². The first-order valence-corrected chi connectivity index (χ1v) is 13.1. The maximum atomic E-state index is 14.1. The summed E-state index contributed by atoms with van der Waals surface area (Å²) in [7, 11) is 0. The molecule has 4 unspecified atom stereocenters. The van der Waals surface area contributed by atoms with Crippen LogP contribution in [0.2, 0.25) is 5.02 Å². The fourth-order valence-electron chi connectivity index (χ4n) is 6.90. The van der Waals surface area contributed by atoms with Gasteiger partial charge in [0.2, 0.25) is 0 Å². The Hall–Kier alpha value is -1.09. The number of fused-ring (bicyclic) bond motifs is 1. The Morgan fingerprint density at radius 1 is 1.03 bits per heavy atom. The minimum absolute atomic E-state index is 0.00467. The van der Waals surface area contributed by atoms with E-state index in [9.17, 15) is 9.18 Å². The third-order valence-corrected chi connectivity index (χ3v) is 8.85. The van der Waals surface area contributed by atoms with E-state index < -0.39 is 5.82 Å². The van der Waals surface area contributed by atoms with Crippen molar-refractivity contribution in [2.75, 3.05) is 0 Å². The van der Waals surface area contributed by atoms with Crippen molar-refractivity contribution in [3.8, 4) is 5.75 Å². The molecular weight excluding hydrogens is 411 g/mol. The summed E-state index contributed by atoms with van der Waals surface area (Å²) in [5.41, 5.74) is 0. The SMILES string of the molecule is CCCCC1CCC(C2CCC3C(CCCC3C(=O)Oc3ccc(Cl)cc3F)C2)CC1. The summed E-state index contributed by atoms with van der Waals surface area (Å²) in [5, 5.41) is 0.313. The lowest BCUT2D eigenvalue weighted by molar-refractivity contribution is -0.144. The van der Waals surface area contributed by atoms with Crippen LogP contribution in [0, 0.1) is 41.3 Å². The number of ether oxygens (including phenoxy) is 1. The Kier molecular flexibility index (Phi) is 7.96. The lowest BCUT2D eigenvalue weighted by Crippen LogP contribution is -2.40. The smallest absolute Gasteiger partial charge is 0.314 e. The Morgan fingerprint density at radius 2 is 1.81 bits per heavy atom. The first-order valence-electron chi connectivity index (χ1n) is 12.7. The molecule has 31 heavy (non-hydrogen) atoms. The van der Waals surface area contributed by atoms with Crippen LogP contribution in [0.5, 0.6) is 5.75 Å². The predicted octanol–water partition coefficient (Wildman–Crippen LogP) is 8.21. The molecule has 2 nitrogen and oxygen atoms in total. The molecule has 4 rings (SSSR count). The number of hydrogen-bond donors (Lipinski definition) is 0. The first-order chi connectivity index (χ1) is 15.0. The molecule has 0 bridgehead atoms. The monoisotopic (exact) mass is 448 g/mol. The van der Waals surface area contributed by atoms with Gasteiger partial charge in [-0.1, -0.05) is 63.5 Å². The Balaban J connectivity index is 1.31. The number of benzene rings is 1. The van der Waals surface area contributed by atoms with Crippen molar-refractivity contribution in [3.63, 3.8) is 0 Å². The molecule has 1 aromatic carbocycles. The summed E-state index contributed by atoms with van der Waals surface area (Å²) >= 11 is 5.82. The molecule has 0 aromatic heterocycles. The van der Waals surface area contributed by atoms with E-state index in [2.05, 4.69) is 6.92 Å². The van der Waals surface area contributed by atoms with Gasteiger partial charge in [0.05, 0.1) is 5.92 Å². The van der Waals surface area contributed by atoms with Gasteiger partial charge in [0, 0.05) is 5.02 Å². The minimum Gasteiger partial charge on any atom is -0.423 e. The minimum atomic E-state index is -0.563. The number of carbonyl (C=O) groups is 1. The standard InChI is InChI=1S/C27H38ClFO2/c1-2-3-5-18-8-10-19(11-9-18)20-12-14-23-21(16-20)6-4-7-24(23)27(30)31-26-15-13-22(28)17-25(26)29/h13,15,17-21,23-24H,2-12,14,16H2,1H3. The Bertz CT molecular complexity index is 743. The average molecular weight is 449 g/mol. The predicted molar refractivity (Wildman–Crippen MR) is 124 cm³/mol. The fourth-order valence-corrected chi connectivity index (χ4v) is 7.06. The Morgan fingerprint density at radius 3 is 2.55 bits per heavy atom. The van der Waals surface area contributed by atoms with Crippen LogP contribution < -0.4 is 4.74 Å². The van der Waals surface area contributed by atoms with Crippen LogP contribution in [-0.2, 0) is 4.79 Å². The second-order valence-electron chi connectivity index (χ2n) is 10.5. The second kappa shape index (κ2) is 10.7. The van der Waals surface area contributed by atoms with E-state index in [1.165, 1.54) is 76.3 Å². The van der Waals surface area contributed by atoms with Gasteiger partial charge in [-0.25, -0.2) is 4.39 Å². The van der Waals surface area contributed by atoms with Crippen LogP contribution in [0.25, 0.3) is 0 Å².